The van der Waals surface area contributed by atoms with E-state index < -0.39 is 0 Å². The van der Waals surface area contributed by atoms with E-state index in [-0.39, 0.29) is 0 Å². The van der Waals surface area contributed by atoms with Gasteiger partial charge in [-0.25, -0.2) is 0 Å². The Morgan fingerprint density at radius 1 is 1.11 bits per heavy atom. The highest BCUT2D eigenvalue weighted by molar-refractivity contribution is 5.09. The van der Waals surface area contributed by atoms with Gasteiger partial charge in [-0.1, -0.05) is 59.1 Å². The van der Waals surface area contributed by atoms with Gasteiger partial charge in [-0.2, -0.15) is 0 Å². The smallest absolute Gasteiger partial charge is 0.0167 e. The standard InChI is InChI=1S/C17H33N/c1-13(2)11-18-12-17(14(3)4)10-16-8-6-15(5)7-9-16/h10,13-16,18H,6-9,11-12H2,1-5H3/b17-10+. The molecule has 0 atom stereocenters. The normalized spacial score (nSPS) is 26.1. The Bertz CT molecular complexity index is 244. The Hall–Kier alpha value is -0.300. The van der Waals surface area contributed by atoms with Gasteiger partial charge in [0.15, 0.2) is 0 Å². The van der Waals surface area contributed by atoms with Crippen LogP contribution in [-0.2, 0) is 0 Å². The van der Waals surface area contributed by atoms with Gasteiger partial charge in [0, 0.05) is 6.54 Å². The predicted octanol–water partition coefficient (Wildman–Crippen LogP) is 4.64. The quantitative estimate of drug-likeness (QED) is 0.678. The van der Waals surface area contributed by atoms with E-state index in [2.05, 4.69) is 46.0 Å². The zero-order chi connectivity index (χ0) is 13.5. The second-order valence-electron chi connectivity index (χ2n) is 6.94. The van der Waals surface area contributed by atoms with Crippen LogP contribution in [0.3, 0.4) is 0 Å². The first-order chi connectivity index (χ1) is 8.49. The van der Waals surface area contributed by atoms with E-state index in [4.69, 9.17) is 0 Å². The molecule has 1 nitrogen and oxygen atoms in total. The number of nitrogens with one attached hydrogen (secondary N) is 1. The highest BCUT2D eigenvalue weighted by Gasteiger charge is 2.17. The Kier molecular flexibility index (Phi) is 6.99. The SMILES string of the molecule is CC(C)CNC/C(=C\C1CCC(C)CC1)C(C)C. The molecule has 106 valence electrons. The van der Waals surface area contributed by atoms with Gasteiger partial charge >= 0.3 is 0 Å². The van der Waals surface area contributed by atoms with Crippen LogP contribution in [0.4, 0.5) is 0 Å². The first-order valence-corrected chi connectivity index (χ1v) is 7.90. The van der Waals surface area contributed by atoms with E-state index in [9.17, 15) is 0 Å². The summed E-state index contributed by atoms with van der Waals surface area (Å²) in [5, 5.41) is 3.60. The minimum atomic E-state index is 0.684. The Morgan fingerprint density at radius 3 is 2.22 bits per heavy atom. The second kappa shape index (κ2) is 7.99. The van der Waals surface area contributed by atoms with Crippen LogP contribution in [0.2, 0.25) is 0 Å². The van der Waals surface area contributed by atoms with Gasteiger partial charge in [-0.15, -0.1) is 0 Å². The molecule has 1 N–H and O–H groups in total. The molecular formula is C17H33N. The van der Waals surface area contributed by atoms with E-state index in [1.54, 1.807) is 5.57 Å². The molecule has 0 aromatic rings. The van der Waals surface area contributed by atoms with Crippen molar-refractivity contribution in [3.63, 3.8) is 0 Å². The van der Waals surface area contributed by atoms with Crippen LogP contribution in [0.15, 0.2) is 11.6 Å². The van der Waals surface area contributed by atoms with E-state index in [0.717, 1.165) is 30.8 Å². The Morgan fingerprint density at radius 2 is 1.72 bits per heavy atom. The number of hydrogen-bond acceptors (Lipinski definition) is 1. The monoisotopic (exact) mass is 251 g/mol. The fourth-order valence-electron chi connectivity index (χ4n) is 2.72. The fraction of sp³-hybridized carbons (Fsp3) is 0.882. The van der Waals surface area contributed by atoms with Crippen LogP contribution < -0.4 is 5.32 Å². The lowest BCUT2D eigenvalue weighted by molar-refractivity contribution is 0.328. The highest BCUT2D eigenvalue weighted by Crippen LogP contribution is 2.30. The summed E-state index contributed by atoms with van der Waals surface area (Å²) in [5.41, 5.74) is 1.62. The average molecular weight is 251 g/mol. The van der Waals surface area contributed by atoms with Crippen LogP contribution in [0, 0.1) is 23.7 Å². The zero-order valence-electron chi connectivity index (χ0n) is 13.1. The van der Waals surface area contributed by atoms with Gasteiger partial charge in [0.05, 0.1) is 0 Å². The van der Waals surface area contributed by atoms with Crippen molar-refractivity contribution in [2.75, 3.05) is 13.1 Å². The molecule has 1 rings (SSSR count). The Labute approximate surface area is 114 Å². The topological polar surface area (TPSA) is 12.0 Å². The molecule has 1 fully saturated rings. The molecule has 0 aromatic heterocycles. The summed E-state index contributed by atoms with van der Waals surface area (Å²) in [7, 11) is 0. The molecule has 1 saturated carbocycles. The molecule has 18 heavy (non-hydrogen) atoms. The fourth-order valence-corrected chi connectivity index (χ4v) is 2.72. The molecule has 1 heteroatoms. The molecule has 0 radical (unpaired) electrons. The van der Waals surface area contributed by atoms with E-state index in [1.165, 1.54) is 25.7 Å². The summed E-state index contributed by atoms with van der Waals surface area (Å²) in [6, 6.07) is 0. The van der Waals surface area contributed by atoms with Crippen molar-refractivity contribution in [3.05, 3.63) is 11.6 Å². The van der Waals surface area contributed by atoms with E-state index in [0.29, 0.717) is 5.92 Å². The summed E-state index contributed by atoms with van der Waals surface area (Å²) in [6.45, 7) is 13.8. The summed E-state index contributed by atoms with van der Waals surface area (Å²) in [5.74, 6) is 3.23. The number of hydrogen-bond donors (Lipinski definition) is 1. The number of rotatable bonds is 6. The van der Waals surface area contributed by atoms with Gasteiger partial charge in [0.25, 0.3) is 0 Å². The third kappa shape index (κ3) is 6.04. The zero-order valence-corrected chi connectivity index (χ0v) is 13.1. The van der Waals surface area contributed by atoms with Gasteiger partial charge in [-0.3, -0.25) is 0 Å². The molecule has 0 heterocycles. The minimum absolute atomic E-state index is 0.684. The first-order valence-electron chi connectivity index (χ1n) is 7.90. The summed E-state index contributed by atoms with van der Waals surface area (Å²) in [6.07, 6.45) is 8.24. The molecule has 0 aliphatic heterocycles. The molecule has 1 aliphatic rings. The molecule has 0 amide bonds. The molecule has 0 aromatic carbocycles. The maximum atomic E-state index is 3.60. The average Bonchev–Trinajstić information content (AvgIpc) is 2.30. The largest absolute Gasteiger partial charge is 0.313 e. The van der Waals surface area contributed by atoms with Gasteiger partial charge in [0.2, 0.25) is 0 Å². The van der Waals surface area contributed by atoms with Crippen molar-refractivity contribution in [2.45, 2.75) is 60.3 Å². The second-order valence-corrected chi connectivity index (χ2v) is 6.94. The van der Waals surface area contributed by atoms with Gasteiger partial charge < -0.3 is 5.32 Å². The maximum Gasteiger partial charge on any atom is 0.0167 e. The molecule has 0 unspecified atom stereocenters. The third-order valence-electron chi connectivity index (χ3n) is 4.13. The van der Waals surface area contributed by atoms with Crippen LogP contribution in [-0.4, -0.2) is 13.1 Å². The van der Waals surface area contributed by atoms with Gasteiger partial charge in [0.1, 0.15) is 0 Å². The number of allylic oxidation sites excluding steroid dienone is 1. The van der Waals surface area contributed by atoms with Crippen molar-refractivity contribution in [2.24, 2.45) is 23.7 Å². The highest BCUT2D eigenvalue weighted by atomic mass is 14.9. The minimum Gasteiger partial charge on any atom is -0.313 e. The van der Waals surface area contributed by atoms with E-state index in [1.807, 2.05) is 0 Å². The van der Waals surface area contributed by atoms with Crippen LogP contribution in [0.1, 0.15) is 60.3 Å². The van der Waals surface area contributed by atoms with Crippen molar-refractivity contribution in [1.82, 2.24) is 5.32 Å². The van der Waals surface area contributed by atoms with Crippen molar-refractivity contribution in [3.8, 4) is 0 Å². The molecule has 0 saturated heterocycles. The summed E-state index contributed by atoms with van der Waals surface area (Å²) in [4.78, 5) is 0. The maximum absolute atomic E-state index is 3.60. The molecule has 0 bridgehead atoms. The lowest BCUT2D eigenvalue weighted by atomic mass is 9.81. The van der Waals surface area contributed by atoms with Crippen LogP contribution in [0.25, 0.3) is 0 Å². The van der Waals surface area contributed by atoms with Crippen molar-refractivity contribution in [1.29, 1.82) is 0 Å². The summed E-state index contributed by atoms with van der Waals surface area (Å²) >= 11 is 0. The molecular weight excluding hydrogens is 218 g/mol. The lowest BCUT2D eigenvalue weighted by Gasteiger charge is -2.25. The van der Waals surface area contributed by atoms with Crippen LogP contribution >= 0.6 is 0 Å². The lowest BCUT2D eigenvalue weighted by Crippen LogP contribution is -2.24. The van der Waals surface area contributed by atoms with Crippen molar-refractivity contribution >= 4 is 0 Å². The van der Waals surface area contributed by atoms with E-state index >= 15 is 0 Å². The van der Waals surface area contributed by atoms with Crippen LogP contribution in [0.5, 0.6) is 0 Å². The molecule has 0 spiro atoms. The third-order valence-corrected chi connectivity index (χ3v) is 4.13. The molecule has 1 aliphatic carbocycles. The van der Waals surface area contributed by atoms with Crippen molar-refractivity contribution < 1.29 is 0 Å². The summed E-state index contributed by atoms with van der Waals surface area (Å²) < 4.78 is 0. The predicted molar refractivity (Wildman–Crippen MR) is 81.8 cm³/mol. The Balaban J connectivity index is 2.44. The van der Waals surface area contributed by atoms with Gasteiger partial charge in [-0.05, 0) is 43.1 Å². The first kappa shape index (κ1) is 15.8.